The van der Waals surface area contributed by atoms with Crippen molar-refractivity contribution in [2.45, 2.75) is 25.8 Å². The largest absolute Gasteiger partial charge is 0.356 e. The van der Waals surface area contributed by atoms with Gasteiger partial charge in [-0.2, -0.15) is 0 Å². The van der Waals surface area contributed by atoms with Crippen LogP contribution in [0, 0.1) is 0 Å². The lowest BCUT2D eigenvalue weighted by Gasteiger charge is -2.35. The highest BCUT2D eigenvalue weighted by Gasteiger charge is 2.34. The first kappa shape index (κ1) is 17.0. The third kappa shape index (κ3) is 2.87. The standard InChI is InChI=1S/C21H19BrN4S/c1-2-14-7-8-18(27-14)20-19-16(15-5-3-4-6-17(15)25-19)9-10-26(20)21-23-11-13(22)12-24-21/h3-8,11-12,20,25H,2,9-10H2,1H3. The molecule has 0 aliphatic carbocycles. The van der Waals surface area contributed by atoms with Gasteiger partial charge in [0.25, 0.3) is 0 Å². The van der Waals surface area contributed by atoms with E-state index in [9.17, 15) is 0 Å². The van der Waals surface area contributed by atoms with Crippen molar-refractivity contribution >= 4 is 44.1 Å². The normalized spacial score (nSPS) is 16.7. The number of hydrogen-bond donors (Lipinski definition) is 1. The topological polar surface area (TPSA) is 44.8 Å². The van der Waals surface area contributed by atoms with Crippen molar-refractivity contribution in [2.24, 2.45) is 0 Å². The molecule has 1 aromatic carbocycles. The number of benzene rings is 1. The van der Waals surface area contributed by atoms with Crippen molar-refractivity contribution in [3.63, 3.8) is 0 Å². The molecule has 0 fully saturated rings. The van der Waals surface area contributed by atoms with Crippen molar-refractivity contribution < 1.29 is 0 Å². The summed E-state index contributed by atoms with van der Waals surface area (Å²) in [5, 5.41) is 1.33. The molecule has 1 N–H and O–H groups in total. The Morgan fingerprint density at radius 3 is 2.78 bits per heavy atom. The zero-order valence-electron chi connectivity index (χ0n) is 14.9. The number of halogens is 1. The number of aryl methyl sites for hydroxylation is 1. The second kappa shape index (κ2) is 6.77. The zero-order valence-corrected chi connectivity index (χ0v) is 17.3. The maximum atomic E-state index is 4.59. The number of aromatic amines is 1. The lowest BCUT2D eigenvalue weighted by atomic mass is 9.96. The Kier molecular flexibility index (Phi) is 4.25. The van der Waals surface area contributed by atoms with Crippen LogP contribution in [0.4, 0.5) is 5.95 Å². The molecule has 1 aliphatic rings. The second-order valence-corrected chi connectivity index (χ2v) is 8.88. The summed E-state index contributed by atoms with van der Waals surface area (Å²) in [6.45, 7) is 3.11. The van der Waals surface area contributed by atoms with Gasteiger partial charge in [-0.3, -0.25) is 0 Å². The van der Waals surface area contributed by atoms with Crippen LogP contribution in [0.15, 0.2) is 53.3 Å². The van der Waals surface area contributed by atoms with Crippen LogP contribution in [0.1, 0.15) is 34.0 Å². The van der Waals surface area contributed by atoms with Gasteiger partial charge in [0.1, 0.15) is 6.04 Å². The average Bonchev–Trinajstić information content (AvgIpc) is 3.32. The summed E-state index contributed by atoms with van der Waals surface area (Å²) in [6.07, 6.45) is 5.70. The Morgan fingerprint density at radius 1 is 1.19 bits per heavy atom. The molecular weight excluding hydrogens is 420 g/mol. The molecule has 0 saturated carbocycles. The van der Waals surface area contributed by atoms with Gasteiger partial charge in [-0.15, -0.1) is 11.3 Å². The van der Waals surface area contributed by atoms with Crippen LogP contribution in [0.5, 0.6) is 0 Å². The lowest BCUT2D eigenvalue weighted by molar-refractivity contribution is 0.633. The lowest BCUT2D eigenvalue weighted by Crippen LogP contribution is -2.36. The molecule has 0 spiro atoms. The van der Waals surface area contributed by atoms with Crippen LogP contribution in [-0.2, 0) is 12.8 Å². The summed E-state index contributed by atoms with van der Waals surface area (Å²) in [6, 6.07) is 13.2. The molecule has 0 saturated heterocycles. The van der Waals surface area contributed by atoms with E-state index in [1.54, 1.807) is 0 Å². The number of fused-ring (bicyclic) bond motifs is 3. The molecule has 0 amide bonds. The van der Waals surface area contributed by atoms with Gasteiger partial charge in [0.05, 0.1) is 4.47 Å². The van der Waals surface area contributed by atoms with Crippen molar-refractivity contribution in [3.8, 4) is 0 Å². The quantitative estimate of drug-likeness (QED) is 0.459. The fourth-order valence-electron chi connectivity index (χ4n) is 3.94. The summed E-state index contributed by atoms with van der Waals surface area (Å²) in [7, 11) is 0. The SMILES string of the molecule is CCc1ccc(C2c3[nH]c4ccccc4c3CCN2c2ncc(Br)cn2)s1. The van der Waals surface area contributed by atoms with Crippen LogP contribution in [0.2, 0.25) is 0 Å². The van der Waals surface area contributed by atoms with Gasteiger partial charge in [0.2, 0.25) is 5.95 Å². The van der Waals surface area contributed by atoms with E-state index in [1.165, 1.54) is 31.9 Å². The molecule has 4 heterocycles. The van der Waals surface area contributed by atoms with E-state index >= 15 is 0 Å². The average molecular weight is 439 g/mol. The molecule has 27 heavy (non-hydrogen) atoms. The van der Waals surface area contributed by atoms with E-state index in [0.717, 1.165) is 29.8 Å². The molecule has 6 heteroatoms. The third-order valence-corrected chi connectivity index (χ3v) is 6.89. The number of aromatic nitrogens is 3. The monoisotopic (exact) mass is 438 g/mol. The highest BCUT2D eigenvalue weighted by Crippen LogP contribution is 2.41. The summed E-state index contributed by atoms with van der Waals surface area (Å²) in [5.74, 6) is 0.777. The minimum Gasteiger partial charge on any atom is -0.356 e. The van der Waals surface area contributed by atoms with Crippen LogP contribution >= 0.6 is 27.3 Å². The van der Waals surface area contributed by atoms with Crippen LogP contribution in [-0.4, -0.2) is 21.5 Å². The van der Waals surface area contributed by atoms with Gasteiger partial charge >= 0.3 is 0 Å². The molecule has 0 radical (unpaired) electrons. The smallest absolute Gasteiger partial charge is 0.226 e. The van der Waals surface area contributed by atoms with Crippen molar-refractivity contribution in [2.75, 3.05) is 11.4 Å². The molecule has 1 unspecified atom stereocenters. The first-order valence-corrected chi connectivity index (χ1v) is 10.8. The summed E-state index contributed by atoms with van der Waals surface area (Å²) >= 11 is 5.33. The number of anilines is 1. The Morgan fingerprint density at radius 2 is 2.00 bits per heavy atom. The number of nitrogens with one attached hydrogen (secondary N) is 1. The second-order valence-electron chi connectivity index (χ2n) is 6.77. The minimum absolute atomic E-state index is 0.118. The third-order valence-electron chi connectivity index (χ3n) is 5.20. The predicted octanol–water partition coefficient (Wildman–Crippen LogP) is 5.50. The molecule has 1 aliphatic heterocycles. The van der Waals surface area contributed by atoms with Gasteiger partial charge < -0.3 is 9.88 Å². The number of nitrogens with zero attached hydrogens (tertiary/aromatic N) is 3. The van der Waals surface area contributed by atoms with Crippen molar-refractivity contribution in [1.29, 1.82) is 0 Å². The zero-order chi connectivity index (χ0) is 18.4. The Labute approximate surface area is 170 Å². The molecular formula is C21H19BrN4S. The van der Waals surface area contributed by atoms with Gasteiger partial charge in [-0.05, 0) is 52.5 Å². The summed E-state index contributed by atoms with van der Waals surface area (Å²) in [4.78, 5) is 18.0. The van der Waals surface area contributed by atoms with Gasteiger partial charge in [0, 0.05) is 45.3 Å². The van der Waals surface area contributed by atoms with Crippen LogP contribution in [0.25, 0.3) is 10.9 Å². The number of H-pyrrole nitrogens is 1. The van der Waals surface area contributed by atoms with Crippen molar-refractivity contribution in [1.82, 2.24) is 15.0 Å². The van der Waals surface area contributed by atoms with E-state index in [1.807, 2.05) is 23.7 Å². The van der Waals surface area contributed by atoms with E-state index in [-0.39, 0.29) is 6.04 Å². The van der Waals surface area contributed by atoms with Crippen LogP contribution in [0.3, 0.4) is 0 Å². The highest BCUT2D eigenvalue weighted by molar-refractivity contribution is 9.10. The molecule has 4 nitrogen and oxygen atoms in total. The van der Waals surface area contributed by atoms with E-state index in [0.29, 0.717) is 0 Å². The maximum Gasteiger partial charge on any atom is 0.226 e. The summed E-state index contributed by atoms with van der Waals surface area (Å²) < 4.78 is 0.899. The van der Waals surface area contributed by atoms with Gasteiger partial charge in [0.15, 0.2) is 0 Å². The number of rotatable bonds is 3. The van der Waals surface area contributed by atoms with E-state index < -0.39 is 0 Å². The summed E-state index contributed by atoms with van der Waals surface area (Å²) in [5.41, 5.74) is 3.91. The maximum absolute atomic E-state index is 4.59. The van der Waals surface area contributed by atoms with Gasteiger partial charge in [-0.25, -0.2) is 9.97 Å². The predicted molar refractivity (Wildman–Crippen MR) is 115 cm³/mol. The number of thiophene rings is 1. The number of hydrogen-bond acceptors (Lipinski definition) is 4. The Bertz CT molecular complexity index is 1100. The molecule has 136 valence electrons. The fourth-order valence-corrected chi connectivity index (χ4v) is 5.22. The van der Waals surface area contributed by atoms with E-state index in [4.69, 9.17) is 0 Å². The number of para-hydroxylation sites is 1. The minimum atomic E-state index is 0.118. The fraction of sp³-hybridized carbons (Fsp3) is 0.238. The molecule has 1 atom stereocenters. The molecule has 5 rings (SSSR count). The Balaban J connectivity index is 1.69. The first-order valence-electron chi connectivity index (χ1n) is 9.17. The Hall–Kier alpha value is -2.18. The molecule has 3 aromatic heterocycles. The molecule has 0 bridgehead atoms. The van der Waals surface area contributed by atoms with Crippen LogP contribution < -0.4 is 4.90 Å². The highest BCUT2D eigenvalue weighted by atomic mass is 79.9. The first-order chi connectivity index (χ1) is 13.2. The molecule has 4 aromatic rings. The van der Waals surface area contributed by atoms with E-state index in [2.05, 4.69) is 79.1 Å². The van der Waals surface area contributed by atoms with Gasteiger partial charge in [-0.1, -0.05) is 25.1 Å². The van der Waals surface area contributed by atoms with Crippen molar-refractivity contribution in [3.05, 3.63) is 74.3 Å².